The maximum Gasteiger partial charge on any atom is 0.306 e. The summed E-state index contributed by atoms with van der Waals surface area (Å²) in [4.78, 5) is 38.1. The van der Waals surface area contributed by atoms with Crippen LogP contribution in [0.15, 0.2) is 60.8 Å². The van der Waals surface area contributed by atoms with Crippen LogP contribution in [0.3, 0.4) is 0 Å². The molecule has 6 heteroatoms. The van der Waals surface area contributed by atoms with Crippen LogP contribution in [0.2, 0.25) is 0 Å². The summed E-state index contributed by atoms with van der Waals surface area (Å²) >= 11 is 0. The normalized spacial score (nSPS) is 12.5. The van der Waals surface area contributed by atoms with Crippen LogP contribution in [0.1, 0.15) is 290 Å². The Morgan fingerprint density at radius 2 is 0.537 bits per heavy atom. The molecule has 0 N–H and O–H groups in total. The fourth-order valence-corrected chi connectivity index (χ4v) is 8.13. The van der Waals surface area contributed by atoms with Crippen LogP contribution >= 0.6 is 0 Å². The SMILES string of the molecule is CCCCC/C=C\C/C=C\C/C=C\CCCCC(=O)O[C@H](COC(=O)CCCCCCCCCCC/C=C\C/C=C\CCCCC)COC(=O)CCCCCCCCCCCCCCCCC. The van der Waals surface area contributed by atoms with Crippen molar-refractivity contribution in [3.05, 3.63) is 60.8 Å². The van der Waals surface area contributed by atoms with E-state index in [-0.39, 0.29) is 37.5 Å². The minimum atomic E-state index is -0.794. The van der Waals surface area contributed by atoms with Crippen molar-refractivity contribution in [2.45, 2.75) is 297 Å². The molecule has 0 radical (unpaired) electrons. The van der Waals surface area contributed by atoms with Gasteiger partial charge >= 0.3 is 17.9 Å². The average Bonchev–Trinajstić information content (AvgIpc) is 3.33. The summed E-state index contributed by atoms with van der Waals surface area (Å²) in [5.41, 5.74) is 0. The molecule has 0 aromatic carbocycles. The smallest absolute Gasteiger partial charge is 0.306 e. The summed E-state index contributed by atoms with van der Waals surface area (Å²) < 4.78 is 16.8. The first-order chi connectivity index (χ1) is 33.0. The number of ether oxygens (including phenoxy) is 3. The highest BCUT2D eigenvalue weighted by molar-refractivity contribution is 5.71. The Labute approximate surface area is 415 Å². The molecule has 0 aliphatic rings. The Morgan fingerprint density at radius 1 is 0.299 bits per heavy atom. The number of unbranched alkanes of at least 4 members (excludes halogenated alkanes) is 31. The number of allylic oxidation sites excluding steroid dienone is 10. The lowest BCUT2D eigenvalue weighted by Gasteiger charge is -2.18. The van der Waals surface area contributed by atoms with Crippen molar-refractivity contribution in [2.24, 2.45) is 0 Å². The number of carbonyl (C=O) groups is 3. The van der Waals surface area contributed by atoms with E-state index in [0.29, 0.717) is 19.3 Å². The maximum atomic E-state index is 12.8. The second-order valence-corrected chi connectivity index (χ2v) is 19.2. The summed E-state index contributed by atoms with van der Waals surface area (Å²) in [5, 5.41) is 0. The predicted molar refractivity (Wildman–Crippen MR) is 288 cm³/mol. The molecule has 0 saturated heterocycles. The molecule has 0 aromatic heterocycles. The van der Waals surface area contributed by atoms with Gasteiger partial charge in [0.2, 0.25) is 0 Å². The Kier molecular flexibility index (Phi) is 53.3. The Hall–Kier alpha value is -2.89. The molecule has 388 valence electrons. The van der Waals surface area contributed by atoms with Crippen molar-refractivity contribution in [2.75, 3.05) is 13.2 Å². The number of rotatable bonds is 52. The molecule has 0 spiro atoms. The van der Waals surface area contributed by atoms with Gasteiger partial charge in [-0.15, -0.1) is 0 Å². The number of hydrogen-bond donors (Lipinski definition) is 0. The fourth-order valence-electron chi connectivity index (χ4n) is 8.13. The van der Waals surface area contributed by atoms with Crippen LogP contribution in [0.25, 0.3) is 0 Å². The lowest BCUT2D eigenvalue weighted by Crippen LogP contribution is -2.30. The first kappa shape index (κ1) is 64.1. The second kappa shape index (κ2) is 55.7. The highest BCUT2D eigenvalue weighted by atomic mass is 16.6. The zero-order chi connectivity index (χ0) is 48.6. The number of hydrogen-bond acceptors (Lipinski definition) is 6. The zero-order valence-corrected chi connectivity index (χ0v) is 44.4. The average molecular weight is 938 g/mol. The van der Waals surface area contributed by atoms with E-state index >= 15 is 0 Å². The van der Waals surface area contributed by atoms with E-state index in [4.69, 9.17) is 14.2 Å². The third-order valence-corrected chi connectivity index (χ3v) is 12.5. The molecule has 6 nitrogen and oxygen atoms in total. The zero-order valence-electron chi connectivity index (χ0n) is 44.4. The van der Waals surface area contributed by atoms with E-state index in [1.54, 1.807) is 0 Å². The van der Waals surface area contributed by atoms with Crippen LogP contribution in [0, 0.1) is 0 Å². The summed E-state index contributed by atoms with van der Waals surface area (Å²) in [6.07, 6.45) is 69.2. The Balaban J connectivity index is 4.40. The molecule has 0 saturated carbocycles. The monoisotopic (exact) mass is 937 g/mol. The van der Waals surface area contributed by atoms with Gasteiger partial charge < -0.3 is 14.2 Å². The topological polar surface area (TPSA) is 78.9 Å². The molecular weight excluding hydrogens is 829 g/mol. The van der Waals surface area contributed by atoms with Crippen molar-refractivity contribution in [3.8, 4) is 0 Å². The van der Waals surface area contributed by atoms with Gasteiger partial charge in [0, 0.05) is 19.3 Å². The van der Waals surface area contributed by atoms with E-state index in [1.165, 1.54) is 173 Å². The van der Waals surface area contributed by atoms with Gasteiger partial charge in [0.15, 0.2) is 6.10 Å². The molecule has 0 aliphatic carbocycles. The summed E-state index contributed by atoms with van der Waals surface area (Å²) in [5.74, 6) is -0.920. The molecule has 0 unspecified atom stereocenters. The molecule has 0 heterocycles. The molecule has 0 fully saturated rings. The van der Waals surface area contributed by atoms with Gasteiger partial charge in [-0.05, 0) is 89.9 Å². The van der Waals surface area contributed by atoms with Gasteiger partial charge in [-0.3, -0.25) is 14.4 Å². The predicted octanol–water partition coefficient (Wildman–Crippen LogP) is 19.2. The number of carbonyl (C=O) groups excluding carboxylic acids is 3. The first-order valence-electron chi connectivity index (χ1n) is 28.8. The molecule has 0 bridgehead atoms. The van der Waals surface area contributed by atoms with Gasteiger partial charge in [0.1, 0.15) is 13.2 Å². The summed E-state index contributed by atoms with van der Waals surface area (Å²) in [6, 6.07) is 0. The van der Waals surface area contributed by atoms with Crippen molar-refractivity contribution < 1.29 is 28.6 Å². The van der Waals surface area contributed by atoms with Crippen LogP contribution < -0.4 is 0 Å². The van der Waals surface area contributed by atoms with E-state index in [9.17, 15) is 14.4 Å². The standard InChI is InChI=1S/C61H108O6/c1-4-7-10-13-16-19-22-25-28-29-30-31-34-36-39-42-45-48-51-54-60(63)66-57-58(67-61(64)55-52-49-46-43-40-37-33-27-24-21-18-15-12-9-6-3)56-65-59(62)53-50-47-44-41-38-35-32-26-23-20-17-14-11-8-5-2/h16,18-19,21,25,27-28,33,40,43,58H,4-15,17,20,22-24,26,29-32,34-39,41-42,44-57H2,1-3H3/b19-16-,21-18-,28-25-,33-27-,43-40-/t58-/m0/s1. The number of esters is 3. The van der Waals surface area contributed by atoms with Crippen LogP contribution in [-0.2, 0) is 28.6 Å². The van der Waals surface area contributed by atoms with Crippen molar-refractivity contribution in [1.82, 2.24) is 0 Å². The highest BCUT2D eigenvalue weighted by Crippen LogP contribution is 2.16. The fraction of sp³-hybridized carbons (Fsp3) is 0.787. The highest BCUT2D eigenvalue weighted by Gasteiger charge is 2.19. The minimum Gasteiger partial charge on any atom is -0.462 e. The van der Waals surface area contributed by atoms with E-state index < -0.39 is 6.10 Å². The lowest BCUT2D eigenvalue weighted by molar-refractivity contribution is -0.167. The van der Waals surface area contributed by atoms with Crippen LogP contribution in [0.4, 0.5) is 0 Å². The second-order valence-electron chi connectivity index (χ2n) is 19.2. The van der Waals surface area contributed by atoms with E-state index in [1.807, 2.05) is 0 Å². The van der Waals surface area contributed by atoms with Crippen molar-refractivity contribution in [3.63, 3.8) is 0 Å². The van der Waals surface area contributed by atoms with Gasteiger partial charge in [-0.25, -0.2) is 0 Å². The minimum absolute atomic E-state index is 0.0882. The Bertz CT molecular complexity index is 1210. The molecule has 1 atom stereocenters. The lowest BCUT2D eigenvalue weighted by atomic mass is 10.0. The third-order valence-electron chi connectivity index (χ3n) is 12.5. The molecular formula is C61H108O6. The summed E-state index contributed by atoms with van der Waals surface area (Å²) in [7, 11) is 0. The molecule has 67 heavy (non-hydrogen) atoms. The largest absolute Gasteiger partial charge is 0.462 e. The first-order valence-corrected chi connectivity index (χ1v) is 28.8. The van der Waals surface area contributed by atoms with Crippen LogP contribution in [-0.4, -0.2) is 37.2 Å². The molecule has 0 rings (SSSR count). The van der Waals surface area contributed by atoms with Gasteiger partial charge in [0.05, 0.1) is 0 Å². The van der Waals surface area contributed by atoms with Gasteiger partial charge in [0.25, 0.3) is 0 Å². The van der Waals surface area contributed by atoms with Crippen molar-refractivity contribution in [1.29, 1.82) is 0 Å². The van der Waals surface area contributed by atoms with Gasteiger partial charge in [-0.1, -0.05) is 242 Å². The van der Waals surface area contributed by atoms with Gasteiger partial charge in [-0.2, -0.15) is 0 Å². The van der Waals surface area contributed by atoms with E-state index in [2.05, 4.69) is 81.5 Å². The van der Waals surface area contributed by atoms with E-state index in [0.717, 1.165) is 70.6 Å². The van der Waals surface area contributed by atoms with Crippen molar-refractivity contribution >= 4 is 17.9 Å². The maximum absolute atomic E-state index is 12.8. The third kappa shape index (κ3) is 53.9. The summed E-state index contributed by atoms with van der Waals surface area (Å²) in [6.45, 7) is 6.58. The molecule has 0 amide bonds. The quantitative estimate of drug-likeness (QED) is 0.0262. The molecule has 0 aromatic rings. The Morgan fingerprint density at radius 3 is 0.896 bits per heavy atom. The molecule has 0 aliphatic heterocycles. The van der Waals surface area contributed by atoms with Crippen LogP contribution in [0.5, 0.6) is 0 Å².